The number of nitrogens with zero attached hydrogens (tertiary/aromatic N) is 2. The van der Waals surface area contributed by atoms with Gasteiger partial charge in [-0.3, -0.25) is 0 Å². The first kappa shape index (κ1) is 15.9. The van der Waals surface area contributed by atoms with Crippen molar-refractivity contribution in [3.8, 4) is 5.69 Å². The summed E-state index contributed by atoms with van der Waals surface area (Å²) in [5.41, 5.74) is 1.96. The molecule has 0 saturated carbocycles. The number of rotatable bonds is 5. The van der Waals surface area contributed by atoms with E-state index in [-0.39, 0.29) is 5.97 Å². The zero-order valence-electron chi connectivity index (χ0n) is 11.9. The summed E-state index contributed by atoms with van der Waals surface area (Å²) in [5, 5.41) is 5.33. The van der Waals surface area contributed by atoms with Crippen molar-refractivity contribution in [2.24, 2.45) is 0 Å². The summed E-state index contributed by atoms with van der Waals surface area (Å²) >= 11 is 12.1. The van der Waals surface area contributed by atoms with Crippen LogP contribution in [0.5, 0.6) is 0 Å². The molecule has 0 saturated heterocycles. The van der Waals surface area contributed by atoms with Gasteiger partial charge in [0, 0.05) is 5.02 Å². The van der Waals surface area contributed by atoms with Crippen LogP contribution in [0.15, 0.2) is 24.4 Å². The monoisotopic (exact) mass is 326 g/mol. The number of ether oxygens (including phenoxy) is 1. The number of carbonyl (C=O) groups excluding carboxylic acids is 1. The number of aromatic nitrogens is 2. The molecule has 0 radical (unpaired) electrons. The average molecular weight is 327 g/mol. The van der Waals surface area contributed by atoms with Crippen molar-refractivity contribution in [2.75, 3.05) is 6.61 Å². The molecule has 0 unspecified atom stereocenters. The standard InChI is InChI=1S/C15H16Cl2N2O2/c1-3-5-13-11(15(20)21-4-2)9-18-19(13)14-7-6-10(16)8-12(14)17/h6-9H,3-5H2,1-2H3. The molecule has 1 heterocycles. The highest BCUT2D eigenvalue weighted by Crippen LogP contribution is 2.26. The second-order valence-corrected chi connectivity index (χ2v) is 5.33. The Morgan fingerprint density at radius 3 is 2.71 bits per heavy atom. The van der Waals surface area contributed by atoms with Gasteiger partial charge in [-0.25, -0.2) is 9.48 Å². The summed E-state index contributed by atoms with van der Waals surface area (Å²) in [6, 6.07) is 5.18. The molecule has 0 spiro atoms. The molecule has 0 N–H and O–H groups in total. The quantitative estimate of drug-likeness (QED) is 0.769. The molecule has 0 amide bonds. The van der Waals surface area contributed by atoms with Crippen LogP contribution in [-0.4, -0.2) is 22.4 Å². The molecule has 0 fully saturated rings. The molecule has 2 rings (SSSR count). The minimum absolute atomic E-state index is 0.331. The summed E-state index contributed by atoms with van der Waals surface area (Å²) < 4.78 is 6.74. The Morgan fingerprint density at radius 2 is 2.10 bits per heavy atom. The van der Waals surface area contributed by atoms with Crippen LogP contribution in [0.4, 0.5) is 0 Å². The van der Waals surface area contributed by atoms with Gasteiger partial charge in [-0.05, 0) is 31.5 Å². The van der Waals surface area contributed by atoms with Crippen LogP contribution in [-0.2, 0) is 11.2 Å². The second kappa shape index (κ2) is 6.96. The van der Waals surface area contributed by atoms with Gasteiger partial charge in [-0.2, -0.15) is 5.10 Å². The highest BCUT2D eigenvalue weighted by Gasteiger charge is 2.19. The molecular formula is C15H16Cl2N2O2. The van der Waals surface area contributed by atoms with Crippen LogP contribution < -0.4 is 0 Å². The third-order valence-corrected chi connectivity index (χ3v) is 3.53. The van der Waals surface area contributed by atoms with Crippen LogP contribution in [0.25, 0.3) is 5.69 Å². The first-order valence-electron chi connectivity index (χ1n) is 6.77. The largest absolute Gasteiger partial charge is 0.462 e. The summed E-state index contributed by atoms with van der Waals surface area (Å²) in [4.78, 5) is 12.0. The van der Waals surface area contributed by atoms with Crippen molar-refractivity contribution in [1.82, 2.24) is 9.78 Å². The zero-order chi connectivity index (χ0) is 15.4. The zero-order valence-corrected chi connectivity index (χ0v) is 13.4. The van der Waals surface area contributed by atoms with Gasteiger partial charge >= 0.3 is 5.97 Å². The van der Waals surface area contributed by atoms with E-state index in [1.807, 2.05) is 6.92 Å². The second-order valence-electron chi connectivity index (χ2n) is 4.48. The van der Waals surface area contributed by atoms with Crippen LogP contribution in [0, 0.1) is 0 Å². The van der Waals surface area contributed by atoms with Crippen molar-refractivity contribution in [3.63, 3.8) is 0 Å². The molecule has 0 aliphatic rings. The van der Waals surface area contributed by atoms with Gasteiger partial charge in [0.1, 0.15) is 5.56 Å². The fourth-order valence-electron chi connectivity index (χ4n) is 2.09. The average Bonchev–Trinajstić information content (AvgIpc) is 2.83. The highest BCUT2D eigenvalue weighted by atomic mass is 35.5. The first-order valence-corrected chi connectivity index (χ1v) is 7.53. The number of benzene rings is 1. The maximum atomic E-state index is 12.0. The lowest BCUT2D eigenvalue weighted by molar-refractivity contribution is 0.0525. The molecule has 0 bridgehead atoms. The molecule has 0 aliphatic carbocycles. The van der Waals surface area contributed by atoms with Crippen LogP contribution in [0.2, 0.25) is 10.0 Å². The Bertz CT molecular complexity index is 653. The predicted molar refractivity (Wildman–Crippen MR) is 83.5 cm³/mol. The van der Waals surface area contributed by atoms with Gasteiger partial charge in [-0.15, -0.1) is 0 Å². The summed E-state index contributed by atoms with van der Waals surface area (Å²) in [7, 11) is 0. The molecule has 21 heavy (non-hydrogen) atoms. The molecule has 0 atom stereocenters. The molecule has 112 valence electrons. The van der Waals surface area contributed by atoms with E-state index in [1.165, 1.54) is 6.20 Å². The van der Waals surface area contributed by atoms with Crippen molar-refractivity contribution >= 4 is 29.2 Å². The van der Waals surface area contributed by atoms with E-state index in [0.717, 1.165) is 12.1 Å². The van der Waals surface area contributed by atoms with Crippen LogP contribution >= 0.6 is 23.2 Å². The van der Waals surface area contributed by atoms with Gasteiger partial charge in [-0.1, -0.05) is 36.5 Å². The van der Waals surface area contributed by atoms with Crippen molar-refractivity contribution < 1.29 is 9.53 Å². The van der Waals surface area contributed by atoms with Crippen molar-refractivity contribution in [3.05, 3.63) is 45.7 Å². The number of hydrogen-bond acceptors (Lipinski definition) is 3. The highest BCUT2D eigenvalue weighted by molar-refractivity contribution is 6.35. The molecule has 1 aromatic carbocycles. The van der Waals surface area contributed by atoms with E-state index in [2.05, 4.69) is 5.10 Å². The molecule has 6 heteroatoms. The Balaban J connectivity index is 2.51. The van der Waals surface area contributed by atoms with E-state index in [0.29, 0.717) is 34.3 Å². The third-order valence-electron chi connectivity index (χ3n) is 2.99. The summed E-state index contributed by atoms with van der Waals surface area (Å²) in [6.07, 6.45) is 3.10. The van der Waals surface area contributed by atoms with E-state index in [4.69, 9.17) is 27.9 Å². The molecule has 4 nitrogen and oxygen atoms in total. The van der Waals surface area contributed by atoms with Gasteiger partial charge < -0.3 is 4.74 Å². The molecule has 1 aromatic heterocycles. The fraction of sp³-hybridized carbons (Fsp3) is 0.333. The topological polar surface area (TPSA) is 44.1 Å². The Labute approximate surface area is 133 Å². The third kappa shape index (κ3) is 3.39. The predicted octanol–water partition coefficient (Wildman–Crippen LogP) is 4.31. The lowest BCUT2D eigenvalue weighted by Crippen LogP contribution is -2.10. The van der Waals surface area contributed by atoms with E-state index < -0.39 is 0 Å². The van der Waals surface area contributed by atoms with E-state index in [9.17, 15) is 4.79 Å². The first-order chi connectivity index (χ1) is 10.1. The van der Waals surface area contributed by atoms with Gasteiger partial charge in [0.25, 0.3) is 0 Å². The molecule has 2 aromatic rings. The molecular weight excluding hydrogens is 311 g/mol. The van der Waals surface area contributed by atoms with Gasteiger partial charge in [0.2, 0.25) is 0 Å². The lowest BCUT2D eigenvalue weighted by atomic mass is 10.1. The number of carbonyl (C=O) groups is 1. The van der Waals surface area contributed by atoms with Crippen LogP contribution in [0.1, 0.15) is 36.3 Å². The van der Waals surface area contributed by atoms with Crippen molar-refractivity contribution in [1.29, 1.82) is 0 Å². The minimum Gasteiger partial charge on any atom is -0.462 e. The van der Waals surface area contributed by atoms with Crippen molar-refractivity contribution in [2.45, 2.75) is 26.7 Å². The van der Waals surface area contributed by atoms with Gasteiger partial charge in [0.05, 0.1) is 29.2 Å². The number of esters is 1. The smallest absolute Gasteiger partial charge is 0.341 e. The van der Waals surface area contributed by atoms with E-state index >= 15 is 0 Å². The summed E-state index contributed by atoms with van der Waals surface area (Å²) in [5.74, 6) is -0.364. The maximum Gasteiger partial charge on any atom is 0.341 e. The fourth-order valence-corrected chi connectivity index (χ4v) is 2.58. The SMILES string of the molecule is CCCc1c(C(=O)OCC)cnn1-c1ccc(Cl)cc1Cl. The summed E-state index contributed by atoms with van der Waals surface area (Å²) in [6.45, 7) is 4.14. The van der Waals surface area contributed by atoms with Gasteiger partial charge in [0.15, 0.2) is 0 Å². The van der Waals surface area contributed by atoms with Crippen LogP contribution in [0.3, 0.4) is 0 Å². The normalized spacial score (nSPS) is 10.7. The maximum absolute atomic E-state index is 12.0. The Morgan fingerprint density at radius 1 is 1.33 bits per heavy atom. The Hall–Kier alpha value is -1.52. The lowest BCUT2D eigenvalue weighted by Gasteiger charge is -2.10. The van der Waals surface area contributed by atoms with E-state index in [1.54, 1.807) is 29.8 Å². The Kier molecular flexibility index (Phi) is 5.26. The minimum atomic E-state index is -0.364. The number of halogens is 2. The number of hydrogen-bond donors (Lipinski definition) is 0. The molecule has 0 aliphatic heterocycles.